The number of methoxy groups -OCH3 is 7. The average molecular weight is 663 g/mol. The van der Waals surface area contributed by atoms with Crippen LogP contribution in [-0.4, -0.2) is 72.2 Å². The molecule has 0 spiro atoms. The summed E-state index contributed by atoms with van der Waals surface area (Å²) in [5.74, 6) is 3.36. The van der Waals surface area contributed by atoms with E-state index in [1.165, 1.54) is 55.8 Å². The van der Waals surface area contributed by atoms with E-state index in [-0.39, 0.29) is 35.5 Å². The van der Waals surface area contributed by atoms with Gasteiger partial charge in [0.1, 0.15) is 40.6 Å². The maximum atomic E-state index is 14.2. The minimum Gasteiger partial charge on any atom is -0.496 e. The highest BCUT2D eigenvalue weighted by atomic mass is 16.5. The van der Waals surface area contributed by atoms with E-state index in [9.17, 15) is 15.0 Å². The lowest BCUT2D eigenvalue weighted by atomic mass is 9.90. The summed E-state index contributed by atoms with van der Waals surface area (Å²) in [6.45, 7) is 0. The molecule has 4 aromatic carbocycles. The molecule has 0 saturated heterocycles. The Morgan fingerprint density at radius 1 is 0.583 bits per heavy atom. The highest BCUT2D eigenvalue weighted by molar-refractivity contribution is 5.94. The average Bonchev–Trinajstić information content (AvgIpc) is 3.25. The molecule has 2 N–H and O–H groups in total. The van der Waals surface area contributed by atoms with Gasteiger partial charge in [-0.15, -0.1) is 0 Å². The molecule has 0 radical (unpaired) electrons. The van der Waals surface area contributed by atoms with Crippen molar-refractivity contribution in [2.75, 3.05) is 49.8 Å². The van der Waals surface area contributed by atoms with Crippen LogP contribution in [0.15, 0.2) is 47.3 Å². The Balaban J connectivity index is 1.60. The molecule has 0 bridgehead atoms. The van der Waals surface area contributed by atoms with Crippen LogP contribution < -0.4 is 48.1 Å². The van der Waals surface area contributed by atoms with Gasteiger partial charge in [0, 0.05) is 53.8 Å². The summed E-state index contributed by atoms with van der Waals surface area (Å²) >= 11 is 0. The van der Waals surface area contributed by atoms with Crippen LogP contribution in [0.4, 0.5) is 0 Å². The van der Waals surface area contributed by atoms with Crippen molar-refractivity contribution in [2.24, 2.45) is 0 Å². The molecule has 4 atom stereocenters. The zero-order chi connectivity index (χ0) is 34.3. The van der Waals surface area contributed by atoms with Crippen molar-refractivity contribution in [1.29, 1.82) is 0 Å². The van der Waals surface area contributed by atoms with Crippen molar-refractivity contribution in [3.8, 4) is 51.7 Å². The number of hydrogen-bond donors (Lipinski definition) is 2. The third kappa shape index (κ3) is 5.50. The van der Waals surface area contributed by atoms with Gasteiger partial charge in [-0.05, 0) is 29.1 Å². The predicted octanol–water partition coefficient (Wildman–Crippen LogP) is 4.33. The fourth-order valence-electron chi connectivity index (χ4n) is 6.54. The molecule has 0 aliphatic carbocycles. The Morgan fingerprint density at radius 3 is 1.60 bits per heavy atom. The Labute approximate surface area is 277 Å². The van der Waals surface area contributed by atoms with Crippen LogP contribution in [0.5, 0.6) is 51.7 Å². The summed E-state index contributed by atoms with van der Waals surface area (Å²) < 4.78 is 52.0. The SMILES string of the molecule is COc1cc(OC)c2c(c1)O[C@H](c1cc(OC)c(OC)c3c(=O)c(OC)cc([C@@H]4Oc5cc(OC)cc(OC)c5C[C@@H]4O)cc13)[C@H](O)C2. The molecule has 12 heteroatoms. The van der Waals surface area contributed by atoms with Gasteiger partial charge in [-0.1, -0.05) is 0 Å². The van der Waals surface area contributed by atoms with Gasteiger partial charge >= 0.3 is 0 Å². The smallest absolute Gasteiger partial charge is 0.232 e. The highest BCUT2D eigenvalue weighted by Gasteiger charge is 2.37. The van der Waals surface area contributed by atoms with Crippen molar-refractivity contribution in [1.82, 2.24) is 0 Å². The van der Waals surface area contributed by atoms with Crippen LogP contribution >= 0.6 is 0 Å². The van der Waals surface area contributed by atoms with Gasteiger partial charge in [-0.2, -0.15) is 0 Å². The lowest BCUT2D eigenvalue weighted by molar-refractivity contribution is 0.0193. The van der Waals surface area contributed by atoms with Crippen LogP contribution in [0.2, 0.25) is 0 Å². The number of benzene rings is 3. The lowest BCUT2D eigenvalue weighted by Gasteiger charge is -2.33. The van der Waals surface area contributed by atoms with Crippen LogP contribution in [0, 0.1) is 0 Å². The first kappa shape index (κ1) is 32.9. The molecule has 12 nitrogen and oxygen atoms in total. The molecule has 2 heterocycles. The molecule has 4 aromatic rings. The summed E-state index contributed by atoms with van der Waals surface area (Å²) in [6.07, 6.45) is -3.62. The second-order valence-electron chi connectivity index (χ2n) is 11.4. The summed E-state index contributed by atoms with van der Waals surface area (Å²) in [7, 11) is 10.4. The van der Waals surface area contributed by atoms with E-state index in [1.54, 1.807) is 36.4 Å². The molecular weight excluding hydrogens is 624 g/mol. The van der Waals surface area contributed by atoms with Crippen LogP contribution in [0.25, 0.3) is 10.8 Å². The first-order valence-corrected chi connectivity index (χ1v) is 15.2. The normalized spacial score (nSPS) is 19.6. The fourth-order valence-corrected chi connectivity index (χ4v) is 6.54. The zero-order valence-corrected chi connectivity index (χ0v) is 27.7. The quantitative estimate of drug-likeness (QED) is 0.264. The zero-order valence-electron chi connectivity index (χ0n) is 27.7. The third-order valence-electron chi connectivity index (χ3n) is 8.88. The number of aliphatic hydroxyl groups is 2. The Bertz CT molecular complexity index is 1920. The molecule has 0 aromatic heterocycles. The molecule has 0 fully saturated rings. The second-order valence-corrected chi connectivity index (χ2v) is 11.4. The van der Waals surface area contributed by atoms with Crippen LogP contribution in [-0.2, 0) is 12.8 Å². The predicted molar refractivity (Wildman–Crippen MR) is 175 cm³/mol. The monoisotopic (exact) mass is 662 g/mol. The number of aliphatic hydroxyl groups excluding tert-OH is 2. The highest BCUT2D eigenvalue weighted by Crippen LogP contribution is 2.48. The van der Waals surface area contributed by atoms with E-state index in [1.807, 2.05) is 0 Å². The van der Waals surface area contributed by atoms with Gasteiger partial charge in [0.2, 0.25) is 5.43 Å². The van der Waals surface area contributed by atoms with E-state index in [2.05, 4.69) is 0 Å². The first-order chi connectivity index (χ1) is 23.2. The minimum absolute atomic E-state index is 0.0211. The van der Waals surface area contributed by atoms with Gasteiger partial charge in [0.05, 0.1) is 67.4 Å². The molecule has 254 valence electrons. The molecular formula is C36H38O12. The molecule has 2 aliphatic heterocycles. The van der Waals surface area contributed by atoms with E-state index in [0.29, 0.717) is 62.1 Å². The summed E-state index contributed by atoms with van der Waals surface area (Å²) in [5, 5.41) is 23.6. The maximum absolute atomic E-state index is 14.2. The van der Waals surface area contributed by atoms with E-state index in [4.69, 9.17) is 42.6 Å². The molecule has 2 aliphatic rings. The number of hydrogen-bond acceptors (Lipinski definition) is 12. The Kier molecular flexibility index (Phi) is 9.04. The number of ether oxygens (including phenoxy) is 9. The molecule has 0 amide bonds. The standard InChI is InChI=1S/C36H38O12/c1-40-18-10-26(42-3)22-14-24(37)34(47-28(22)12-18)17-8-20-21(16-31(45-6)36(46-7)32(20)33(39)30(9-17)44-5)35-25(38)15-23-27(43-4)11-19(41-2)13-29(23)48-35/h8-13,16,24-25,34-35,37-38H,14-15H2,1-7H3/t24-,25+,34-,35+/m0/s1. The second kappa shape index (κ2) is 13.2. The van der Waals surface area contributed by atoms with Gasteiger partial charge in [-0.25, -0.2) is 0 Å². The van der Waals surface area contributed by atoms with Crippen molar-refractivity contribution >= 4 is 10.8 Å². The van der Waals surface area contributed by atoms with Gasteiger partial charge in [-0.3, -0.25) is 4.79 Å². The van der Waals surface area contributed by atoms with E-state index < -0.39 is 29.8 Å². The van der Waals surface area contributed by atoms with Gasteiger partial charge < -0.3 is 52.8 Å². The number of fused-ring (bicyclic) bond motifs is 3. The fraction of sp³-hybridized carbons (Fsp3) is 0.361. The summed E-state index contributed by atoms with van der Waals surface area (Å²) in [5.41, 5.74) is 1.72. The van der Waals surface area contributed by atoms with Crippen molar-refractivity contribution in [3.05, 3.63) is 74.9 Å². The molecule has 6 rings (SSSR count). The van der Waals surface area contributed by atoms with Gasteiger partial charge in [0.25, 0.3) is 0 Å². The summed E-state index contributed by atoms with van der Waals surface area (Å²) in [6, 6.07) is 11.8. The topological polar surface area (TPSA) is 141 Å². The van der Waals surface area contributed by atoms with E-state index >= 15 is 0 Å². The molecule has 0 saturated carbocycles. The van der Waals surface area contributed by atoms with Crippen molar-refractivity contribution in [3.63, 3.8) is 0 Å². The lowest BCUT2D eigenvalue weighted by Crippen LogP contribution is -2.31. The Hall–Kier alpha value is -5.07. The number of rotatable bonds is 9. The largest absolute Gasteiger partial charge is 0.496 e. The van der Waals surface area contributed by atoms with Gasteiger partial charge in [0.15, 0.2) is 23.4 Å². The Morgan fingerprint density at radius 2 is 1.10 bits per heavy atom. The van der Waals surface area contributed by atoms with Crippen LogP contribution in [0.3, 0.4) is 0 Å². The summed E-state index contributed by atoms with van der Waals surface area (Å²) in [4.78, 5) is 14.2. The maximum Gasteiger partial charge on any atom is 0.232 e. The third-order valence-corrected chi connectivity index (χ3v) is 8.88. The van der Waals surface area contributed by atoms with Crippen LogP contribution in [0.1, 0.15) is 34.5 Å². The molecule has 48 heavy (non-hydrogen) atoms. The van der Waals surface area contributed by atoms with Crippen molar-refractivity contribution in [2.45, 2.75) is 37.3 Å². The first-order valence-electron chi connectivity index (χ1n) is 15.2. The minimum atomic E-state index is -1.06. The molecule has 0 unspecified atom stereocenters. The van der Waals surface area contributed by atoms with E-state index in [0.717, 1.165) is 0 Å². The van der Waals surface area contributed by atoms with Crippen molar-refractivity contribution < 1.29 is 52.8 Å².